The fourth-order valence-corrected chi connectivity index (χ4v) is 2.82. The molecule has 0 aliphatic carbocycles. The number of amides is 1. The van der Waals surface area contributed by atoms with E-state index in [1.54, 1.807) is 6.07 Å². The molecule has 146 valence electrons. The number of nitrogens with one attached hydrogen (secondary N) is 1. The Morgan fingerprint density at radius 1 is 1.18 bits per heavy atom. The van der Waals surface area contributed by atoms with Crippen molar-refractivity contribution in [3.8, 4) is 0 Å². The molecule has 0 aliphatic heterocycles. The molecule has 0 bridgehead atoms. The van der Waals surface area contributed by atoms with Gasteiger partial charge in [0, 0.05) is 30.4 Å². The number of benzene rings is 1. The standard InChI is InChI=1S/C17H14Cl2FN5O3/c18-13-5-12(20)2-1-10(13)7-25-9-14(19)16(23-25)22-15(26)3-4-24-8-11(6-21-24)17(27)28/h1-2,5-6,8-9H,3-4,7H2,(H,27,28)(H,22,23,26). The lowest BCUT2D eigenvalue weighted by molar-refractivity contribution is -0.116. The molecular weight excluding hydrogens is 412 g/mol. The molecule has 0 fully saturated rings. The van der Waals surface area contributed by atoms with Gasteiger partial charge in [0.25, 0.3) is 0 Å². The van der Waals surface area contributed by atoms with Gasteiger partial charge in [0.15, 0.2) is 5.82 Å². The second-order valence-electron chi connectivity index (χ2n) is 5.85. The zero-order valence-electron chi connectivity index (χ0n) is 14.3. The predicted octanol–water partition coefficient (Wildman–Crippen LogP) is 3.30. The molecule has 0 saturated carbocycles. The van der Waals surface area contributed by atoms with Crippen molar-refractivity contribution in [3.63, 3.8) is 0 Å². The Labute approximate surface area is 168 Å². The summed E-state index contributed by atoms with van der Waals surface area (Å²) in [5.41, 5.74) is 0.690. The summed E-state index contributed by atoms with van der Waals surface area (Å²) in [6.07, 6.45) is 4.11. The number of carboxylic acid groups (broad SMARTS) is 1. The number of nitrogens with zero attached hydrogens (tertiary/aromatic N) is 4. The molecule has 0 saturated heterocycles. The highest BCUT2D eigenvalue weighted by molar-refractivity contribution is 6.33. The van der Waals surface area contributed by atoms with E-state index in [1.165, 1.54) is 40.1 Å². The largest absolute Gasteiger partial charge is 0.478 e. The number of aromatic nitrogens is 4. The average molecular weight is 426 g/mol. The number of rotatable bonds is 7. The summed E-state index contributed by atoms with van der Waals surface area (Å²) in [6, 6.07) is 4.04. The Morgan fingerprint density at radius 3 is 2.64 bits per heavy atom. The molecule has 2 N–H and O–H groups in total. The highest BCUT2D eigenvalue weighted by Gasteiger charge is 2.13. The minimum Gasteiger partial charge on any atom is -0.478 e. The van der Waals surface area contributed by atoms with E-state index in [0.29, 0.717) is 5.56 Å². The van der Waals surface area contributed by atoms with Crippen LogP contribution in [0.5, 0.6) is 0 Å². The highest BCUT2D eigenvalue weighted by atomic mass is 35.5. The summed E-state index contributed by atoms with van der Waals surface area (Å²) in [5.74, 6) is -1.71. The zero-order chi connectivity index (χ0) is 20.3. The quantitative estimate of drug-likeness (QED) is 0.604. The second kappa shape index (κ2) is 8.41. The molecule has 2 heterocycles. The summed E-state index contributed by atoms with van der Waals surface area (Å²) < 4.78 is 16.0. The SMILES string of the molecule is O=C(CCn1cc(C(=O)O)cn1)Nc1nn(Cc2ccc(F)cc2Cl)cc1Cl. The van der Waals surface area contributed by atoms with E-state index in [2.05, 4.69) is 15.5 Å². The molecular formula is C17H14Cl2FN5O3. The lowest BCUT2D eigenvalue weighted by Crippen LogP contribution is -2.15. The van der Waals surface area contributed by atoms with Gasteiger partial charge in [-0.15, -0.1) is 0 Å². The number of aryl methyl sites for hydroxylation is 1. The maximum absolute atomic E-state index is 13.1. The van der Waals surface area contributed by atoms with Gasteiger partial charge in [-0.3, -0.25) is 14.2 Å². The summed E-state index contributed by atoms with van der Waals surface area (Å²) in [5, 5.41) is 20.0. The van der Waals surface area contributed by atoms with Gasteiger partial charge in [-0.25, -0.2) is 9.18 Å². The number of hydrogen-bond donors (Lipinski definition) is 2. The van der Waals surface area contributed by atoms with Gasteiger partial charge in [0.1, 0.15) is 10.8 Å². The zero-order valence-corrected chi connectivity index (χ0v) is 15.8. The third-order valence-corrected chi connectivity index (χ3v) is 4.40. The highest BCUT2D eigenvalue weighted by Crippen LogP contribution is 2.23. The van der Waals surface area contributed by atoms with Crippen molar-refractivity contribution in [3.05, 3.63) is 63.8 Å². The summed E-state index contributed by atoms with van der Waals surface area (Å²) >= 11 is 12.1. The van der Waals surface area contributed by atoms with Crippen molar-refractivity contribution in [1.29, 1.82) is 0 Å². The summed E-state index contributed by atoms with van der Waals surface area (Å²) in [6.45, 7) is 0.447. The number of aromatic carboxylic acids is 1. The van der Waals surface area contributed by atoms with E-state index in [-0.39, 0.29) is 46.8 Å². The first-order valence-electron chi connectivity index (χ1n) is 8.04. The van der Waals surface area contributed by atoms with Crippen LogP contribution in [0.15, 0.2) is 36.8 Å². The maximum Gasteiger partial charge on any atom is 0.338 e. The van der Waals surface area contributed by atoms with Gasteiger partial charge in [0.2, 0.25) is 5.91 Å². The fourth-order valence-electron chi connectivity index (χ4n) is 2.39. The van der Waals surface area contributed by atoms with Gasteiger partial charge in [-0.1, -0.05) is 29.3 Å². The van der Waals surface area contributed by atoms with E-state index in [1.807, 2.05) is 0 Å². The fraction of sp³-hybridized carbons (Fsp3) is 0.176. The van der Waals surface area contributed by atoms with Crippen LogP contribution in [0.1, 0.15) is 22.3 Å². The van der Waals surface area contributed by atoms with E-state index in [4.69, 9.17) is 28.3 Å². The molecule has 1 amide bonds. The van der Waals surface area contributed by atoms with Crippen molar-refractivity contribution in [2.75, 3.05) is 5.32 Å². The first-order chi connectivity index (χ1) is 13.3. The van der Waals surface area contributed by atoms with Crippen LogP contribution in [0.25, 0.3) is 0 Å². The Kier molecular flexibility index (Phi) is 5.96. The molecule has 3 aromatic rings. The van der Waals surface area contributed by atoms with E-state index >= 15 is 0 Å². The first kappa shape index (κ1) is 19.8. The molecule has 8 nitrogen and oxygen atoms in total. The Bertz CT molecular complexity index is 1030. The number of halogens is 3. The van der Waals surface area contributed by atoms with Crippen LogP contribution < -0.4 is 5.32 Å². The molecule has 3 rings (SSSR count). The van der Waals surface area contributed by atoms with Gasteiger partial charge in [0.05, 0.1) is 18.3 Å². The van der Waals surface area contributed by atoms with Crippen molar-refractivity contribution < 1.29 is 19.1 Å². The lowest BCUT2D eigenvalue weighted by Gasteiger charge is -2.05. The summed E-state index contributed by atoms with van der Waals surface area (Å²) in [4.78, 5) is 22.9. The molecule has 28 heavy (non-hydrogen) atoms. The van der Waals surface area contributed by atoms with Crippen molar-refractivity contribution >= 4 is 40.9 Å². The molecule has 0 spiro atoms. The number of hydrogen-bond acceptors (Lipinski definition) is 4. The number of carboxylic acids is 1. The molecule has 1 aromatic carbocycles. The molecule has 0 atom stereocenters. The molecule has 2 aromatic heterocycles. The summed E-state index contributed by atoms with van der Waals surface area (Å²) in [7, 11) is 0. The minimum atomic E-state index is -1.09. The van der Waals surface area contributed by atoms with Crippen LogP contribution in [-0.4, -0.2) is 36.5 Å². The van der Waals surface area contributed by atoms with Crippen molar-refractivity contribution in [2.45, 2.75) is 19.5 Å². The topological polar surface area (TPSA) is 102 Å². The molecule has 0 aliphatic rings. The van der Waals surface area contributed by atoms with E-state index in [0.717, 1.165) is 0 Å². The van der Waals surface area contributed by atoms with Crippen LogP contribution in [0.2, 0.25) is 10.0 Å². The Morgan fingerprint density at radius 2 is 1.96 bits per heavy atom. The van der Waals surface area contributed by atoms with E-state index < -0.39 is 11.8 Å². The smallest absolute Gasteiger partial charge is 0.338 e. The monoisotopic (exact) mass is 425 g/mol. The number of carbonyl (C=O) groups excluding carboxylic acids is 1. The van der Waals surface area contributed by atoms with Crippen molar-refractivity contribution in [1.82, 2.24) is 19.6 Å². The Balaban J connectivity index is 1.59. The molecule has 0 radical (unpaired) electrons. The maximum atomic E-state index is 13.1. The van der Waals surface area contributed by atoms with Crippen LogP contribution in [0.4, 0.5) is 10.2 Å². The van der Waals surface area contributed by atoms with E-state index in [9.17, 15) is 14.0 Å². The first-order valence-corrected chi connectivity index (χ1v) is 8.80. The van der Waals surface area contributed by atoms with Gasteiger partial charge >= 0.3 is 5.97 Å². The third-order valence-electron chi connectivity index (χ3n) is 3.77. The van der Waals surface area contributed by atoms with Crippen LogP contribution in [0.3, 0.4) is 0 Å². The van der Waals surface area contributed by atoms with Crippen LogP contribution in [-0.2, 0) is 17.9 Å². The lowest BCUT2D eigenvalue weighted by atomic mass is 10.2. The van der Waals surface area contributed by atoms with Gasteiger partial charge in [-0.2, -0.15) is 10.2 Å². The normalized spacial score (nSPS) is 10.8. The van der Waals surface area contributed by atoms with Crippen molar-refractivity contribution in [2.24, 2.45) is 0 Å². The number of carbonyl (C=O) groups is 2. The predicted molar refractivity (Wildman–Crippen MR) is 100 cm³/mol. The molecule has 11 heteroatoms. The van der Waals surface area contributed by atoms with Gasteiger partial charge < -0.3 is 10.4 Å². The number of anilines is 1. The average Bonchev–Trinajstić information content (AvgIpc) is 3.23. The third kappa shape index (κ3) is 4.87. The van der Waals surface area contributed by atoms with Crippen LogP contribution >= 0.6 is 23.2 Å². The van der Waals surface area contributed by atoms with Crippen LogP contribution in [0, 0.1) is 5.82 Å². The molecule has 0 unspecified atom stereocenters. The Hall–Kier alpha value is -2.91. The van der Waals surface area contributed by atoms with Gasteiger partial charge in [-0.05, 0) is 17.7 Å². The minimum absolute atomic E-state index is 0.0432. The second-order valence-corrected chi connectivity index (χ2v) is 6.67.